The molecule has 6 atom stereocenters. The zero-order chi connectivity index (χ0) is 36.9. The van der Waals surface area contributed by atoms with Crippen LogP contribution in [0.5, 0.6) is 0 Å². The quantitative estimate of drug-likeness (QED) is 0.0278. The second-order valence-corrected chi connectivity index (χ2v) is 22.2. The van der Waals surface area contributed by atoms with Crippen molar-refractivity contribution >= 4 is 60.9 Å². The number of aliphatic hydroxyl groups excluding tert-OH is 2. The summed E-state index contributed by atoms with van der Waals surface area (Å²) in [5, 5.41) is 23.6. The third kappa shape index (κ3) is 22.0. The van der Waals surface area contributed by atoms with Gasteiger partial charge in [0.25, 0.3) is 0 Å². The predicted molar refractivity (Wildman–Crippen MR) is 195 cm³/mol. The normalized spacial score (nSPS) is 22.0. The van der Waals surface area contributed by atoms with Gasteiger partial charge in [0.05, 0.1) is 13.0 Å². The van der Waals surface area contributed by atoms with Gasteiger partial charge in [0, 0.05) is 21.1 Å². The Morgan fingerprint density at radius 3 is 2.06 bits per heavy atom. The third-order valence-electron chi connectivity index (χ3n) is 8.21. The highest BCUT2D eigenvalue weighted by Crippen LogP contribution is 2.28. The highest BCUT2D eigenvalue weighted by Gasteiger charge is 2.49. The van der Waals surface area contributed by atoms with Crippen LogP contribution in [-0.2, 0) is 33.3 Å². The van der Waals surface area contributed by atoms with Gasteiger partial charge in [0.2, 0.25) is 3.79 Å². The fourth-order valence-electron chi connectivity index (χ4n) is 5.35. The van der Waals surface area contributed by atoms with Gasteiger partial charge >= 0.3 is 18.0 Å². The van der Waals surface area contributed by atoms with Crippen LogP contribution in [0.2, 0.25) is 25.7 Å². The number of carbonyl (C=O) groups excluding carboxylic acids is 3. The number of halogens is 3. The fraction of sp³-hybridized carbons (Fsp3) is 0.912. The zero-order valence-corrected chi connectivity index (χ0v) is 33.5. The SMILES string of the molecule is CCCCCCCCCCC[C@H](CC(=O)O[C@H]1[C@H](O)[C@@H](CO)O[C@@H](OCC[Si](C)(C)C)[C@@H]1NC(=O)OCC(Cl)(Cl)Cl)OC(=O)CCCCC. The molecule has 288 valence electrons. The minimum Gasteiger partial charge on any atom is -0.462 e. The Balaban J connectivity index is 3.06. The second-order valence-electron chi connectivity index (χ2n) is 14.1. The number of amides is 1. The number of rotatable bonds is 25. The maximum absolute atomic E-state index is 13.4. The molecule has 0 bridgehead atoms. The molecule has 0 aromatic heterocycles. The molecule has 1 aliphatic heterocycles. The summed E-state index contributed by atoms with van der Waals surface area (Å²) in [6.07, 6.45) is 6.01. The summed E-state index contributed by atoms with van der Waals surface area (Å²) in [6, 6.07) is -0.503. The topological polar surface area (TPSA) is 150 Å². The Morgan fingerprint density at radius 1 is 0.898 bits per heavy atom. The highest BCUT2D eigenvalue weighted by molar-refractivity contribution is 6.76. The van der Waals surface area contributed by atoms with Gasteiger partial charge in [0.1, 0.15) is 31.0 Å². The summed E-state index contributed by atoms with van der Waals surface area (Å²) in [5.41, 5.74) is 0. The lowest BCUT2D eigenvalue weighted by Gasteiger charge is -2.43. The molecular weight excluding hydrogens is 717 g/mol. The van der Waals surface area contributed by atoms with Crippen molar-refractivity contribution in [1.82, 2.24) is 5.32 Å². The van der Waals surface area contributed by atoms with E-state index in [-0.39, 0.29) is 25.4 Å². The van der Waals surface area contributed by atoms with E-state index in [1.807, 2.05) is 6.92 Å². The first-order chi connectivity index (χ1) is 23.1. The van der Waals surface area contributed by atoms with E-state index in [1.165, 1.54) is 32.1 Å². The van der Waals surface area contributed by atoms with E-state index in [2.05, 4.69) is 31.9 Å². The molecule has 0 spiro atoms. The van der Waals surface area contributed by atoms with Gasteiger partial charge in [-0.3, -0.25) is 9.59 Å². The van der Waals surface area contributed by atoms with Crippen LogP contribution in [0.1, 0.15) is 110 Å². The maximum Gasteiger partial charge on any atom is 0.407 e. The Labute approximate surface area is 309 Å². The number of unbranched alkanes of at least 4 members (excludes halogenated alkanes) is 10. The van der Waals surface area contributed by atoms with E-state index in [9.17, 15) is 24.6 Å². The summed E-state index contributed by atoms with van der Waals surface area (Å²) in [5.74, 6) is -1.13. The number of aliphatic hydroxyl groups is 2. The van der Waals surface area contributed by atoms with Gasteiger partial charge in [-0.1, -0.05) is 132 Å². The van der Waals surface area contributed by atoms with E-state index in [0.29, 0.717) is 12.8 Å². The first-order valence-corrected chi connectivity index (χ1v) is 22.9. The van der Waals surface area contributed by atoms with Crippen molar-refractivity contribution in [2.45, 2.75) is 176 Å². The maximum atomic E-state index is 13.4. The zero-order valence-electron chi connectivity index (χ0n) is 30.2. The van der Waals surface area contributed by atoms with Crippen molar-refractivity contribution in [2.24, 2.45) is 0 Å². The molecule has 0 saturated carbocycles. The molecule has 11 nitrogen and oxygen atoms in total. The molecule has 0 aromatic rings. The van der Waals surface area contributed by atoms with Crippen molar-refractivity contribution < 1.29 is 48.3 Å². The summed E-state index contributed by atoms with van der Waals surface area (Å²) >= 11 is 17.2. The molecule has 0 aromatic carbocycles. The van der Waals surface area contributed by atoms with Crippen LogP contribution in [0, 0.1) is 0 Å². The molecule has 1 saturated heterocycles. The van der Waals surface area contributed by atoms with Crippen LogP contribution < -0.4 is 5.32 Å². The number of carbonyl (C=O) groups is 3. The van der Waals surface area contributed by atoms with Crippen molar-refractivity contribution in [3.05, 3.63) is 0 Å². The van der Waals surface area contributed by atoms with E-state index in [0.717, 1.165) is 44.6 Å². The molecule has 0 radical (unpaired) electrons. The van der Waals surface area contributed by atoms with Crippen LogP contribution in [0.25, 0.3) is 0 Å². The molecular formula is C34H62Cl3NO10Si. The number of ether oxygens (including phenoxy) is 5. The molecule has 49 heavy (non-hydrogen) atoms. The third-order valence-corrected chi connectivity index (χ3v) is 10.2. The largest absolute Gasteiger partial charge is 0.462 e. The van der Waals surface area contributed by atoms with Gasteiger partial charge in [0.15, 0.2) is 12.4 Å². The summed E-state index contributed by atoms with van der Waals surface area (Å²) in [4.78, 5) is 38.8. The lowest BCUT2D eigenvalue weighted by atomic mass is 9.96. The summed E-state index contributed by atoms with van der Waals surface area (Å²) in [6.45, 7) is 9.80. The number of hydrogen-bond acceptors (Lipinski definition) is 10. The molecule has 0 aliphatic carbocycles. The Morgan fingerprint density at radius 2 is 1.49 bits per heavy atom. The van der Waals surface area contributed by atoms with Crippen LogP contribution in [0.3, 0.4) is 0 Å². The fourth-order valence-corrected chi connectivity index (χ4v) is 6.24. The van der Waals surface area contributed by atoms with Crippen molar-refractivity contribution in [2.75, 3.05) is 19.8 Å². The predicted octanol–water partition coefficient (Wildman–Crippen LogP) is 7.60. The second kappa shape index (κ2) is 25.2. The average Bonchev–Trinajstić information content (AvgIpc) is 3.01. The smallest absolute Gasteiger partial charge is 0.407 e. The van der Waals surface area contributed by atoms with Crippen molar-refractivity contribution in [1.29, 1.82) is 0 Å². The molecule has 15 heteroatoms. The lowest BCUT2D eigenvalue weighted by molar-refractivity contribution is -0.272. The molecule has 0 unspecified atom stereocenters. The monoisotopic (exact) mass is 777 g/mol. The Hall–Kier alpha value is -0.863. The number of nitrogens with one attached hydrogen (secondary N) is 1. The van der Waals surface area contributed by atoms with Crippen LogP contribution in [0.4, 0.5) is 4.79 Å². The van der Waals surface area contributed by atoms with E-state index in [1.54, 1.807) is 0 Å². The van der Waals surface area contributed by atoms with Gasteiger partial charge in [-0.2, -0.15) is 0 Å². The van der Waals surface area contributed by atoms with Gasteiger partial charge in [-0.05, 0) is 25.3 Å². The Kier molecular flexibility index (Phi) is 23.7. The van der Waals surface area contributed by atoms with Crippen LogP contribution in [-0.4, -0.2) is 96.7 Å². The number of esters is 2. The lowest BCUT2D eigenvalue weighted by Crippen LogP contribution is -2.66. The Bertz CT molecular complexity index is 937. The van der Waals surface area contributed by atoms with Crippen LogP contribution in [0.15, 0.2) is 0 Å². The molecule has 1 amide bonds. The number of alkyl halides is 3. The van der Waals surface area contributed by atoms with E-state index < -0.39 is 73.9 Å². The van der Waals surface area contributed by atoms with Crippen molar-refractivity contribution in [3.8, 4) is 0 Å². The van der Waals surface area contributed by atoms with Gasteiger partial charge in [-0.15, -0.1) is 0 Å². The first kappa shape index (κ1) is 46.2. The highest BCUT2D eigenvalue weighted by atomic mass is 35.6. The van der Waals surface area contributed by atoms with Crippen molar-refractivity contribution in [3.63, 3.8) is 0 Å². The molecule has 1 aliphatic rings. The van der Waals surface area contributed by atoms with Gasteiger partial charge < -0.3 is 39.2 Å². The van der Waals surface area contributed by atoms with Crippen LogP contribution >= 0.6 is 34.8 Å². The standard InChI is InChI=1S/C34H62Cl3NO10Si/c1-6-8-10-11-12-13-14-15-17-18-25(46-27(40)19-16-9-7-2)22-28(41)48-31-29(38-33(43)45-24-34(35,36)37)32(44-20-21-49(3,4)5)47-26(23-39)30(31)42/h25-26,29-32,39,42H,6-24H2,1-5H3,(H,38,43)/t25-,26-,29-,30-,31-,32-/m1/s1. The summed E-state index contributed by atoms with van der Waals surface area (Å²) < 4.78 is 26.5. The molecule has 1 heterocycles. The molecule has 1 fully saturated rings. The molecule has 1 rings (SSSR count). The minimum atomic E-state index is -1.88. The van der Waals surface area contributed by atoms with E-state index >= 15 is 0 Å². The number of alkyl carbamates (subject to hydrolysis) is 1. The first-order valence-electron chi connectivity index (χ1n) is 18.0. The summed E-state index contributed by atoms with van der Waals surface area (Å²) in [7, 11) is -1.54. The number of hydrogen-bond donors (Lipinski definition) is 3. The van der Waals surface area contributed by atoms with Gasteiger partial charge in [-0.25, -0.2) is 4.79 Å². The minimum absolute atomic E-state index is 0.254. The average molecular weight is 779 g/mol. The molecule has 3 N–H and O–H groups in total. The van der Waals surface area contributed by atoms with E-state index in [4.69, 9.17) is 58.5 Å².